The van der Waals surface area contributed by atoms with Crippen molar-refractivity contribution >= 4 is 11.6 Å². The zero-order valence-corrected chi connectivity index (χ0v) is 13.5. The normalized spacial score (nSPS) is 10.6. The van der Waals surface area contributed by atoms with Gasteiger partial charge in [0.05, 0.1) is 0 Å². The van der Waals surface area contributed by atoms with Crippen LogP contribution in [0.1, 0.15) is 45.4 Å². The summed E-state index contributed by atoms with van der Waals surface area (Å²) >= 11 is 0. The van der Waals surface area contributed by atoms with Gasteiger partial charge >= 0.3 is 0 Å². The first kappa shape index (κ1) is 16.3. The highest BCUT2D eigenvalue weighted by Gasteiger charge is 2.06. The van der Waals surface area contributed by atoms with Crippen LogP contribution in [-0.2, 0) is 11.8 Å². The number of rotatable bonds is 8. The van der Waals surface area contributed by atoms with Crippen LogP contribution in [0.5, 0.6) is 0 Å². The van der Waals surface area contributed by atoms with Gasteiger partial charge in [-0.25, -0.2) is 4.98 Å². The molecule has 4 nitrogen and oxygen atoms in total. The third-order valence-electron chi connectivity index (χ3n) is 3.73. The fraction of sp³-hybridized carbons (Fsp3) is 0.444. The van der Waals surface area contributed by atoms with Crippen LogP contribution in [0.4, 0.5) is 5.69 Å². The number of aryl methyl sites for hydroxylation is 1. The van der Waals surface area contributed by atoms with Crippen LogP contribution in [-0.4, -0.2) is 15.5 Å². The van der Waals surface area contributed by atoms with E-state index in [1.165, 1.54) is 19.3 Å². The quantitative estimate of drug-likeness (QED) is 0.735. The minimum Gasteiger partial charge on any atom is -0.334 e. The SMILES string of the molecule is CCCCCCCC(=O)Nc1cccc(-c2nccn2C)c1. The number of carbonyl (C=O) groups is 1. The molecule has 118 valence electrons. The van der Waals surface area contributed by atoms with Crippen molar-refractivity contribution in [2.24, 2.45) is 7.05 Å². The fourth-order valence-corrected chi connectivity index (χ4v) is 2.49. The van der Waals surface area contributed by atoms with E-state index in [1.54, 1.807) is 6.20 Å². The topological polar surface area (TPSA) is 46.9 Å². The number of imidazole rings is 1. The molecule has 4 heteroatoms. The third-order valence-corrected chi connectivity index (χ3v) is 3.73. The van der Waals surface area contributed by atoms with Crippen molar-refractivity contribution in [1.29, 1.82) is 0 Å². The van der Waals surface area contributed by atoms with Gasteiger partial charge in [0.2, 0.25) is 5.91 Å². The van der Waals surface area contributed by atoms with Crippen molar-refractivity contribution in [1.82, 2.24) is 9.55 Å². The van der Waals surface area contributed by atoms with Crippen LogP contribution in [0.3, 0.4) is 0 Å². The molecule has 2 aromatic rings. The number of aromatic nitrogens is 2. The summed E-state index contributed by atoms with van der Waals surface area (Å²) in [5.74, 6) is 0.990. The third kappa shape index (κ3) is 4.72. The first-order chi connectivity index (χ1) is 10.7. The van der Waals surface area contributed by atoms with Crippen LogP contribution < -0.4 is 5.32 Å². The Morgan fingerprint density at radius 2 is 2.05 bits per heavy atom. The van der Waals surface area contributed by atoms with Gasteiger partial charge < -0.3 is 9.88 Å². The zero-order valence-electron chi connectivity index (χ0n) is 13.5. The van der Waals surface area contributed by atoms with Crippen molar-refractivity contribution < 1.29 is 4.79 Å². The van der Waals surface area contributed by atoms with Crippen molar-refractivity contribution in [2.45, 2.75) is 45.4 Å². The van der Waals surface area contributed by atoms with Gasteiger partial charge in [0, 0.05) is 37.1 Å². The fourth-order valence-electron chi connectivity index (χ4n) is 2.49. The van der Waals surface area contributed by atoms with E-state index in [-0.39, 0.29) is 5.91 Å². The molecule has 0 atom stereocenters. The molecule has 0 aliphatic heterocycles. The summed E-state index contributed by atoms with van der Waals surface area (Å²) in [7, 11) is 1.96. The predicted molar refractivity (Wildman–Crippen MR) is 90.6 cm³/mol. The average molecular weight is 299 g/mol. The molecule has 1 heterocycles. The van der Waals surface area contributed by atoms with Gasteiger partial charge in [-0.3, -0.25) is 4.79 Å². The second-order valence-corrected chi connectivity index (χ2v) is 5.65. The summed E-state index contributed by atoms with van der Waals surface area (Å²) in [4.78, 5) is 16.3. The molecule has 0 saturated carbocycles. The van der Waals surface area contributed by atoms with Crippen molar-refractivity contribution in [3.8, 4) is 11.4 Å². The van der Waals surface area contributed by atoms with Gasteiger partial charge in [-0.1, -0.05) is 44.7 Å². The van der Waals surface area contributed by atoms with Gasteiger partial charge in [-0.05, 0) is 18.6 Å². The molecular weight excluding hydrogens is 274 g/mol. The number of carbonyl (C=O) groups excluding carboxylic acids is 1. The minimum atomic E-state index is 0.0912. The first-order valence-corrected chi connectivity index (χ1v) is 8.08. The maximum absolute atomic E-state index is 12.0. The van der Waals surface area contributed by atoms with Crippen molar-refractivity contribution in [3.05, 3.63) is 36.7 Å². The Morgan fingerprint density at radius 1 is 1.23 bits per heavy atom. The average Bonchev–Trinajstić information content (AvgIpc) is 2.93. The molecule has 1 amide bonds. The van der Waals surface area contributed by atoms with Crippen molar-refractivity contribution in [3.63, 3.8) is 0 Å². The second kappa shape index (κ2) is 8.37. The summed E-state index contributed by atoms with van der Waals surface area (Å²) in [5, 5.41) is 2.98. The second-order valence-electron chi connectivity index (χ2n) is 5.65. The number of hydrogen-bond acceptors (Lipinski definition) is 2. The highest BCUT2D eigenvalue weighted by Crippen LogP contribution is 2.20. The lowest BCUT2D eigenvalue weighted by Crippen LogP contribution is -2.11. The van der Waals surface area contributed by atoms with Gasteiger partial charge in [-0.2, -0.15) is 0 Å². The Bertz CT molecular complexity index is 604. The molecular formula is C18H25N3O. The molecule has 0 spiro atoms. The number of unbranched alkanes of at least 4 members (excludes halogenated alkanes) is 4. The van der Waals surface area contributed by atoms with E-state index in [4.69, 9.17) is 0 Å². The number of nitrogens with one attached hydrogen (secondary N) is 1. The molecule has 0 bridgehead atoms. The number of amides is 1. The van der Waals surface area contributed by atoms with E-state index in [1.807, 2.05) is 42.1 Å². The van der Waals surface area contributed by atoms with Crippen LogP contribution in [0.2, 0.25) is 0 Å². The van der Waals surface area contributed by atoms with E-state index in [2.05, 4.69) is 17.2 Å². The summed E-state index contributed by atoms with van der Waals surface area (Å²) in [6.07, 6.45) is 10.1. The van der Waals surface area contributed by atoms with Crippen LogP contribution in [0, 0.1) is 0 Å². The van der Waals surface area contributed by atoms with Gasteiger partial charge in [0.1, 0.15) is 5.82 Å². The van der Waals surface area contributed by atoms with E-state index < -0.39 is 0 Å². The largest absolute Gasteiger partial charge is 0.334 e. The predicted octanol–water partition coefficient (Wildman–Crippen LogP) is 4.39. The maximum Gasteiger partial charge on any atom is 0.224 e. The van der Waals surface area contributed by atoms with Gasteiger partial charge in [0.15, 0.2) is 0 Å². The Labute approximate surface area is 132 Å². The molecule has 0 aliphatic rings. The molecule has 0 aliphatic carbocycles. The minimum absolute atomic E-state index is 0.0912. The smallest absolute Gasteiger partial charge is 0.224 e. The van der Waals surface area contributed by atoms with Crippen molar-refractivity contribution in [2.75, 3.05) is 5.32 Å². The van der Waals surface area contributed by atoms with Gasteiger partial charge in [-0.15, -0.1) is 0 Å². The van der Waals surface area contributed by atoms with E-state index >= 15 is 0 Å². The lowest BCUT2D eigenvalue weighted by molar-refractivity contribution is -0.116. The maximum atomic E-state index is 12.0. The monoisotopic (exact) mass is 299 g/mol. The standard InChI is InChI=1S/C18H25N3O/c1-3-4-5-6-7-11-17(22)20-16-10-8-9-15(14-16)18-19-12-13-21(18)2/h8-10,12-14H,3-7,11H2,1-2H3,(H,20,22). The van der Waals surface area contributed by atoms with E-state index in [0.717, 1.165) is 29.9 Å². The molecule has 0 fully saturated rings. The summed E-state index contributed by atoms with van der Waals surface area (Å²) in [6, 6.07) is 7.84. The summed E-state index contributed by atoms with van der Waals surface area (Å²) in [6.45, 7) is 2.20. The number of hydrogen-bond donors (Lipinski definition) is 1. The molecule has 1 N–H and O–H groups in total. The zero-order chi connectivity index (χ0) is 15.8. The molecule has 0 unspecified atom stereocenters. The lowest BCUT2D eigenvalue weighted by atomic mass is 10.1. The molecule has 0 radical (unpaired) electrons. The van der Waals surface area contributed by atoms with Crippen LogP contribution in [0.25, 0.3) is 11.4 Å². The summed E-state index contributed by atoms with van der Waals surface area (Å²) < 4.78 is 1.97. The Hall–Kier alpha value is -2.10. The highest BCUT2D eigenvalue weighted by molar-refractivity contribution is 5.91. The van der Waals surface area contributed by atoms with E-state index in [0.29, 0.717) is 6.42 Å². The Morgan fingerprint density at radius 3 is 2.77 bits per heavy atom. The van der Waals surface area contributed by atoms with Crippen LogP contribution >= 0.6 is 0 Å². The molecule has 2 rings (SSSR count). The molecule has 0 saturated heterocycles. The van der Waals surface area contributed by atoms with E-state index in [9.17, 15) is 4.79 Å². The number of nitrogens with zero attached hydrogens (tertiary/aromatic N) is 2. The highest BCUT2D eigenvalue weighted by atomic mass is 16.1. The Kier molecular flexibility index (Phi) is 6.19. The summed E-state index contributed by atoms with van der Waals surface area (Å²) in [5.41, 5.74) is 1.84. The molecule has 1 aromatic heterocycles. The molecule has 22 heavy (non-hydrogen) atoms. The van der Waals surface area contributed by atoms with Gasteiger partial charge in [0.25, 0.3) is 0 Å². The number of anilines is 1. The lowest BCUT2D eigenvalue weighted by Gasteiger charge is -2.08. The molecule has 1 aromatic carbocycles. The first-order valence-electron chi connectivity index (χ1n) is 8.08. The number of benzene rings is 1. The van der Waals surface area contributed by atoms with Crippen LogP contribution in [0.15, 0.2) is 36.7 Å². The Balaban J connectivity index is 1.88.